The van der Waals surface area contributed by atoms with Crippen LogP contribution in [0.2, 0.25) is 0 Å². The molecule has 7 heteroatoms. The Hall–Kier alpha value is -3.61. The molecule has 2 aromatic carbocycles. The van der Waals surface area contributed by atoms with Gasteiger partial charge >= 0.3 is 0 Å². The fourth-order valence-electron chi connectivity index (χ4n) is 3.41. The number of nitrogens with zero attached hydrogens (tertiary/aromatic N) is 3. The third-order valence-electron chi connectivity index (χ3n) is 4.53. The maximum atomic E-state index is 14.1. The van der Waals surface area contributed by atoms with Crippen molar-refractivity contribution in [2.75, 3.05) is 0 Å². The van der Waals surface area contributed by atoms with Crippen molar-refractivity contribution in [2.45, 2.75) is 13.8 Å². The van der Waals surface area contributed by atoms with E-state index in [2.05, 4.69) is 10.3 Å². The summed E-state index contributed by atoms with van der Waals surface area (Å²) in [5.74, 6) is 0.318. The molecule has 2 aromatic heterocycles. The van der Waals surface area contributed by atoms with E-state index in [0.717, 1.165) is 5.56 Å². The van der Waals surface area contributed by atoms with Crippen LogP contribution in [-0.4, -0.2) is 26.3 Å². The summed E-state index contributed by atoms with van der Waals surface area (Å²) in [6.45, 7) is 3.60. The molecule has 4 aromatic rings. The standard InChI is InChI=1S/C20H16FN3O3/c1-11-19(12(2)27-23-11)20-17(10-22-26)16-8-3-13(21)9-18(16)24(20)14-4-6-15(25)7-5-14/h3-10,25-26H,1-2H3. The molecule has 2 heterocycles. The van der Waals surface area contributed by atoms with Gasteiger partial charge in [-0.2, -0.15) is 0 Å². The molecule has 136 valence electrons. The Kier molecular flexibility index (Phi) is 3.92. The SMILES string of the molecule is Cc1noc(C)c1-c1c(C=NO)c2ccc(F)cc2n1-c1ccc(O)cc1. The van der Waals surface area contributed by atoms with E-state index in [4.69, 9.17) is 4.52 Å². The molecule has 0 aliphatic rings. The quantitative estimate of drug-likeness (QED) is 0.317. The Labute approximate surface area is 153 Å². The molecule has 2 N–H and O–H groups in total. The van der Waals surface area contributed by atoms with Gasteiger partial charge in [0.1, 0.15) is 17.3 Å². The molecule has 0 spiro atoms. The molecule has 0 saturated carbocycles. The Bertz CT molecular complexity index is 1150. The van der Waals surface area contributed by atoms with Gasteiger partial charge in [-0.3, -0.25) is 0 Å². The molecule has 4 rings (SSSR count). The topological polar surface area (TPSA) is 83.8 Å². The number of benzene rings is 2. The van der Waals surface area contributed by atoms with Crippen LogP contribution in [-0.2, 0) is 0 Å². The molecule has 6 nitrogen and oxygen atoms in total. The number of fused-ring (bicyclic) bond motifs is 1. The fourth-order valence-corrected chi connectivity index (χ4v) is 3.41. The number of phenolic OH excluding ortho intramolecular Hbond substituents is 1. The van der Waals surface area contributed by atoms with Crippen LogP contribution in [0, 0.1) is 19.7 Å². The number of rotatable bonds is 3. The second kappa shape index (κ2) is 6.28. The van der Waals surface area contributed by atoms with E-state index in [-0.39, 0.29) is 5.75 Å². The zero-order chi connectivity index (χ0) is 19.1. The average Bonchev–Trinajstić information content (AvgIpc) is 3.13. The van der Waals surface area contributed by atoms with Crippen molar-refractivity contribution in [3.63, 3.8) is 0 Å². The van der Waals surface area contributed by atoms with Gasteiger partial charge in [0, 0.05) is 16.6 Å². The van der Waals surface area contributed by atoms with E-state index >= 15 is 0 Å². The minimum absolute atomic E-state index is 0.123. The van der Waals surface area contributed by atoms with Crippen molar-refractivity contribution in [1.29, 1.82) is 0 Å². The van der Waals surface area contributed by atoms with Crippen molar-refractivity contribution in [2.24, 2.45) is 5.16 Å². The highest BCUT2D eigenvalue weighted by molar-refractivity contribution is 6.07. The number of aromatic hydroxyl groups is 1. The molecule has 0 fully saturated rings. The minimum atomic E-state index is -0.391. The van der Waals surface area contributed by atoms with Crippen molar-refractivity contribution in [1.82, 2.24) is 9.72 Å². The van der Waals surface area contributed by atoms with Crippen molar-refractivity contribution < 1.29 is 19.2 Å². The second-order valence-electron chi connectivity index (χ2n) is 6.22. The fraction of sp³-hybridized carbons (Fsp3) is 0.100. The van der Waals surface area contributed by atoms with E-state index in [1.165, 1.54) is 18.3 Å². The maximum Gasteiger partial charge on any atom is 0.143 e. The summed E-state index contributed by atoms with van der Waals surface area (Å²) in [5.41, 5.74) is 3.95. The molecule has 27 heavy (non-hydrogen) atoms. The number of aryl methyl sites for hydroxylation is 2. The minimum Gasteiger partial charge on any atom is -0.508 e. The first kappa shape index (κ1) is 16.8. The lowest BCUT2D eigenvalue weighted by Gasteiger charge is -2.12. The third kappa shape index (κ3) is 2.64. The Morgan fingerprint density at radius 2 is 1.89 bits per heavy atom. The second-order valence-corrected chi connectivity index (χ2v) is 6.22. The van der Waals surface area contributed by atoms with Crippen LogP contribution in [0.1, 0.15) is 17.0 Å². The predicted octanol–water partition coefficient (Wildman–Crippen LogP) is 4.56. The lowest BCUT2D eigenvalue weighted by atomic mass is 10.0. The van der Waals surface area contributed by atoms with Crippen LogP contribution in [0.25, 0.3) is 27.8 Å². The molecular formula is C20H16FN3O3. The van der Waals surface area contributed by atoms with E-state index in [0.29, 0.717) is 39.3 Å². The summed E-state index contributed by atoms with van der Waals surface area (Å²) >= 11 is 0. The molecule has 0 amide bonds. The molecule has 0 bridgehead atoms. The molecule has 0 atom stereocenters. The molecule has 0 unspecified atom stereocenters. The smallest absolute Gasteiger partial charge is 0.143 e. The first-order chi connectivity index (χ1) is 13.0. The molecule has 0 radical (unpaired) electrons. The number of halogens is 1. The third-order valence-corrected chi connectivity index (χ3v) is 4.53. The van der Waals surface area contributed by atoms with Crippen molar-refractivity contribution in [3.05, 3.63) is 65.3 Å². The van der Waals surface area contributed by atoms with Gasteiger partial charge in [-0.05, 0) is 56.3 Å². The van der Waals surface area contributed by atoms with Crippen molar-refractivity contribution >= 4 is 17.1 Å². The molecule has 0 aliphatic heterocycles. The normalized spacial score (nSPS) is 11.7. The number of oxime groups is 1. The Morgan fingerprint density at radius 3 is 2.52 bits per heavy atom. The van der Waals surface area contributed by atoms with E-state index in [1.54, 1.807) is 37.3 Å². The number of aromatic nitrogens is 2. The lowest BCUT2D eigenvalue weighted by Crippen LogP contribution is -1.99. The van der Waals surface area contributed by atoms with Gasteiger partial charge in [0.2, 0.25) is 0 Å². The van der Waals surface area contributed by atoms with Crippen LogP contribution in [0.5, 0.6) is 5.75 Å². The lowest BCUT2D eigenvalue weighted by molar-refractivity contribution is 0.322. The van der Waals surface area contributed by atoms with Crippen LogP contribution in [0.3, 0.4) is 0 Å². The highest BCUT2D eigenvalue weighted by Gasteiger charge is 2.24. The van der Waals surface area contributed by atoms with E-state index in [1.807, 2.05) is 11.5 Å². The monoisotopic (exact) mass is 365 g/mol. The van der Waals surface area contributed by atoms with E-state index < -0.39 is 5.82 Å². The van der Waals surface area contributed by atoms with Gasteiger partial charge < -0.3 is 19.4 Å². The number of phenols is 1. The van der Waals surface area contributed by atoms with Gasteiger partial charge in [-0.25, -0.2) is 4.39 Å². The van der Waals surface area contributed by atoms with Crippen LogP contribution < -0.4 is 0 Å². The Balaban J connectivity index is 2.21. The predicted molar refractivity (Wildman–Crippen MR) is 99.2 cm³/mol. The van der Waals surface area contributed by atoms with Gasteiger partial charge in [0.25, 0.3) is 0 Å². The first-order valence-electron chi connectivity index (χ1n) is 8.25. The number of hydrogen-bond acceptors (Lipinski definition) is 5. The summed E-state index contributed by atoms with van der Waals surface area (Å²) in [5, 5.41) is 26.8. The van der Waals surface area contributed by atoms with Crippen molar-refractivity contribution in [3.8, 4) is 22.7 Å². The molecular weight excluding hydrogens is 349 g/mol. The van der Waals surface area contributed by atoms with Gasteiger partial charge in [-0.1, -0.05) is 10.3 Å². The van der Waals surface area contributed by atoms with Crippen LogP contribution in [0.15, 0.2) is 52.1 Å². The summed E-state index contributed by atoms with van der Waals surface area (Å²) < 4.78 is 21.2. The zero-order valence-electron chi connectivity index (χ0n) is 14.6. The van der Waals surface area contributed by atoms with Crippen LogP contribution >= 0.6 is 0 Å². The van der Waals surface area contributed by atoms with Gasteiger partial charge in [0.15, 0.2) is 0 Å². The van der Waals surface area contributed by atoms with Crippen LogP contribution in [0.4, 0.5) is 4.39 Å². The highest BCUT2D eigenvalue weighted by Crippen LogP contribution is 2.39. The molecule has 0 saturated heterocycles. The largest absolute Gasteiger partial charge is 0.508 e. The number of hydrogen-bond donors (Lipinski definition) is 2. The Morgan fingerprint density at radius 1 is 1.15 bits per heavy atom. The van der Waals surface area contributed by atoms with Gasteiger partial charge in [-0.15, -0.1) is 0 Å². The van der Waals surface area contributed by atoms with Gasteiger partial charge in [0.05, 0.1) is 28.7 Å². The first-order valence-corrected chi connectivity index (χ1v) is 8.25. The summed E-state index contributed by atoms with van der Waals surface area (Å²) in [7, 11) is 0. The maximum absolute atomic E-state index is 14.1. The zero-order valence-corrected chi connectivity index (χ0v) is 14.6. The average molecular weight is 365 g/mol. The highest BCUT2D eigenvalue weighted by atomic mass is 19.1. The van der Waals surface area contributed by atoms with E-state index in [9.17, 15) is 14.7 Å². The summed E-state index contributed by atoms with van der Waals surface area (Å²) in [4.78, 5) is 0. The molecule has 0 aliphatic carbocycles. The summed E-state index contributed by atoms with van der Waals surface area (Å²) in [6.07, 6.45) is 1.32. The summed E-state index contributed by atoms with van der Waals surface area (Å²) in [6, 6.07) is 11.0.